The number of nitrogens with zero attached hydrogens (tertiary/aromatic N) is 4. The van der Waals surface area contributed by atoms with E-state index in [9.17, 15) is 4.91 Å². The minimum absolute atomic E-state index is 0.270. The highest BCUT2D eigenvalue weighted by atomic mass is 16.5. The van der Waals surface area contributed by atoms with Crippen molar-refractivity contribution in [2.24, 2.45) is 5.18 Å². The highest BCUT2D eigenvalue weighted by Crippen LogP contribution is 2.25. The lowest BCUT2D eigenvalue weighted by Gasteiger charge is -2.06. The zero-order valence-corrected chi connectivity index (χ0v) is 10.9. The molecule has 0 fully saturated rings. The Morgan fingerprint density at radius 3 is 2.85 bits per heavy atom. The molecule has 0 spiro atoms. The number of rotatable bonds is 4. The van der Waals surface area contributed by atoms with Gasteiger partial charge in [-0.05, 0) is 17.7 Å². The highest BCUT2D eigenvalue weighted by Gasteiger charge is 2.13. The first kappa shape index (κ1) is 12.3. The van der Waals surface area contributed by atoms with E-state index < -0.39 is 0 Å². The molecule has 0 aliphatic carbocycles. The van der Waals surface area contributed by atoms with Gasteiger partial charge in [0.05, 0.1) is 5.69 Å². The first-order valence-corrected chi connectivity index (χ1v) is 6.13. The standard InChI is InChI=1S/C14H12N4O2/c1-10-12(17-19)18-8-7-15-14(13(18)16-10)20-9-11-5-3-2-4-6-11/h2-8H,9H2,1H3. The van der Waals surface area contributed by atoms with Gasteiger partial charge in [-0.2, -0.15) is 0 Å². The summed E-state index contributed by atoms with van der Waals surface area (Å²) < 4.78 is 7.26. The fraction of sp³-hybridized carbons (Fsp3) is 0.143. The van der Waals surface area contributed by atoms with Crippen molar-refractivity contribution in [3.05, 3.63) is 58.9 Å². The van der Waals surface area contributed by atoms with E-state index in [1.165, 1.54) is 0 Å². The average molecular weight is 268 g/mol. The van der Waals surface area contributed by atoms with Crippen LogP contribution >= 0.6 is 0 Å². The van der Waals surface area contributed by atoms with Crippen molar-refractivity contribution in [2.45, 2.75) is 13.5 Å². The molecule has 1 aromatic carbocycles. The van der Waals surface area contributed by atoms with Crippen molar-refractivity contribution in [1.82, 2.24) is 14.4 Å². The lowest BCUT2D eigenvalue weighted by atomic mass is 10.2. The molecule has 0 atom stereocenters. The minimum Gasteiger partial charge on any atom is -0.470 e. The van der Waals surface area contributed by atoms with Crippen LogP contribution in [0.3, 0.4) is 0 Å². The number of imidazole rings is 1. The number of ether oxygens (including phenoxy) is 1. The molecule has 0 saturated carbocycles. The number of aromatic nitrogens is 3. The molecule has 3 aromatic rings. The molecular weight excluding hydrogens is 256 g/mol. The zero-order valence-electron chi connectivity index (χ0n) is 10.9. The maximum absolute atomic E-state index is 10.8. The summed E-state index contributed by atoms with van der Waals surface area (Å²) >= 11 is 0. The van der Waals surface area contributed by atoms with Gasteiger partial charge in [0.1, 0.15) is 6.61 Å². The summed E-state index contributed by atoms with van der Waals surface area (Å²) in [5, 5.41) is 2.98. The zero-order chi connectivity index (χ0) is 13.9. The summed E-state index contributed by atoms with van der Waals surface area (Å²) in [5.74, 6) is 0.654. The Labute approximate surface area is 115 Å². The topological polar surface area (TPSA) is 68.8 Å². The first-order chi connectivity index (χ1) is 9.79. The first-order valence-electron chi connectivity index (χ1n) is 6.13. The molecule has 100 valence electrons. The van der Waals surface area contributed by atoms with Gasteiger partial charge in [0.2, 0.25) is 11.5 Å². The largest absolute Gasteiger partial charge is 0.470 e. The van der Waals surface area contributed by atoms with Crippen LogP contribution in [-0.4, -0.2) is 14.4 Å². The SMILES string of the molecule is Cc1nc2c(OCc3ccccc3)nccn2c1N=O. The molecule has 0 bridgehead atoms. The van der Waals surface area contributed by atoms with Crippen LogP contribution in [0.4, 0.5) is 5.82 Å². The minimum atomic E-state index is 0.270. The average Bonchev–Trinajstić information content (AvgIpc) is 2.82. The third kappa shape index (κ3) is 2.11. The predicted octanol–water partition coefficient (Wildman–Crippen LogP) is 3.01. The van der Waals surface area contributed by atoms with Crippen molar-refractivity contribution >= 4 is 11.5 Å². The normalized spacial score (nSPS) is 10.7. The van der Waals surface area contributed by atoms with E-state index in [0.717, 1.165) is 5.56 Å². The molecule has 0 saturated heterocycles. The molecule has 0 aliphatic heterocycles. The van der Waals surface area contributed by atoms with E-state index in [1.807, 2.05) is 30.3 Å². The molecule has 0 N–H and O–H groups in total. The molecule has 0 radical (unpaired) electrons. The van der Waals surface area contributed by atoms with Crippen molar-refractivity contribution in [3.8, 4) is 5.88 Å². The Kier molecular flexibility index (Phi) is 3.12. The maximum Gasteiger partial charge on any atom is 0.258 e. The number of hydrogen-bond acceptors (Lipinski definition) is 5. The van der Waals surface area contributed by atoms with Gasteiger partial charge in [-0.15, -0.1) is 4.91 Å². The second-order valence-electron chi connectivity index (χ2n) is 4.31. The summed E-state index contributed by atoms with van der Waals surface area (Å²) in [4.78, 5) is 19.3. The van der Waals surface area contributed by atoms with E-state index in [4.69, 9.17) is 4.74 Å². The van der Waals surface area contributed by atoms with Crippen LogP contribution in [0.1, 0.15) is 11.3 Å². The number of hydrogen-bond donors (Lipinski definition) is 0. The molecule has 0 unspecified atom stereocenters. The second kappa shape index (κ2) is 5.08. The van der Waals surface area contributed by atoms with Gasteiger partial charge in [-0.1, -0.05) is 30.3 Å². The van der Waals surface area contributed by atoms with Crippen LogP contribution in [0, 0.1) is 11.8 Å². The molecule has 0 aliphatic rings. The molecular formula is C14H12N4O2. The summed E-state index contributed by atoms with van der Waals surface area (Å²) in [6.07, 6.45) is 3.20. The van der Waals surface area contributed by atoms with Crippen molar-refractivity contribution in [1.29, 1.82) is 0 Å². The van der Waals surface area contributed by atoms with Crippen molar-refractivity contribution < 1.29 is 4.74 Å². The molecule has 20 heavy (non-hydrogen) atoms. The number of aryl methyl sites for hydroxylation is 1. The predicted molar refractivity (Wildman–Crippen MR) is 74.0 cm³/mol. The Morgan fingerprint density at radius 1 is 1.30 bits per heavy atom. The van der Waals surface area contributed by atoms with E-state index >= 15 is 0 Å². The third-order valence-corrected chi connectivity index (χ3v) is 2.96. The highest BCUT2D eigenvalue weighted by molar-refractivity contribution is 5.57. The molecule has 6 heteroatoms. The van der Waals surface area contributed by atoms with Gasteiger partial charge in [-0.3, -0.25) is 4.40 Å². The van der Waals surface area contributed by atoms with Crippen LogP contribution in [0.25, 0.3) is 5.65 Å². The maximum atomic E-state index is 10.8. The van der Waals surface area contributed by atoms with E-state index in [2.05, 4.69) is 15.1 Å². The quantitative estimate of drug-likeness (QED) is 0.682. The summed E-state index contributed by atoms with van der Waals surface area (Å²) in [6, 6.07) is 9.77. The van der Waals surface area contributed by atoms with E-state index in [-0.39, 0.29) is 5.82 Å². The monoisotopic (exact) mass is 268 g/mol. The smallest absolute Gasteiger partial charge is 0.258 e. The fourth-order valence-corrected chi connectivity index (χ4v) is 1.99. The lowest BCUT2D eigenvalue weighted by molar-refractivity contribution is 0.296. The molecule has 2 heterocycles. The third-order valence-electron chi connectivity index (χ3n) is 2.96. The van der Waals surface area contributed by atoms with Gasteiger partial charge in [0.25, 0.3) is 5.88 Å². The van der Waals surface area contributed by atoms with Gasteiger partial charge in [0.15, 0.2) is 0 Å². The number of fused-ring (bicyclic) bond motifs is 1. The van der Waals surface area contributed by atoms with Crippen LogP contribution in [-0.2, 0) is 6.61 Å². The van der Waals surface area contributed by atoms with Gasteiger partial charge in [-0.25, -0.2) is 9.97 Å². The van der Waals surface area contributed by atoms with Crippen LogP contribution in [0.15, 0.2) is 47.9 Å². The summed E-state index contributed by atoms with van der Waals surface area (Å²) in [6.45, 7) is 2.12. The molecule has 2 aromatic heterocycles. The van der Waals surface area contributed by atoms with Crippen LogP contribution in [0.2, 0.25) is 0 Å². The lowest BCUT2D eigenvalue weighted by Crippen LogP contribution is -1.99. The Balaban J connectivity index is 1.94. The molecule has 0 amide bonds. The number of benzene rings is 1. The van der Waals surface area contributed by atoms with Gasteiger partial charge >= 0.3 is 0 Å². The summed E-state index contributed by atoms with van der Waals surface area (Å²) in [7, 11) is 0. The Morgan fingerprint density at radius 2 is 2.10 bits per heavy atom. The molecule has 6 nitrogen and oxygen atoms in total. The van der Waals surface area contributed by atoms with E-state index in [1.54, 1.807) is 23.7 Å². The second-order valence-corrected chi connectivity index (χ2v) is 4.31. The van der Waals surface area contributed by atoms with Crippen LogP contribution < -0.4 is 4.74 Å². The summed E-state index contributed by atoms with van der Waals surface area (Å²) in [5.41, 5.74) is 2.08. The van der Waals surface area contributed by atoms with Crippen molar-refractivity contribution in [3.63, 3.8) is 0 Å². The number of nitroso groups, excluding NO2 is 1. The Bertz CT molecular complexity index is 752. The Hall–Kier alpha value is -2.76. The van der Waals surface area contributed by atoms with Gasteiger partial charge < -0.3 is 4.74 Å². The van der Waals surface area contributed by atoms with E-state index in [0.29, 0.717) is 23.8 Å². The fourth-order valence-electron chi connectivity index (χ4n) is 1.99. The van der Waals surface area contributed by atoms with Crippen LogP contribution in [0.5, 0.6) is 5.88 Å². The molecule has 3 rings (SSSR count). The van der Waals surface area contributed by atoms with Gasteiger partial charge in [0, 0.05) is 12.4 Å². The van der Waals surface area contributed by atoms with Crippen molar-refractivity contribution in [2.75, 3.05) is 0 Å².